The second-order valence-corrected chi connectivity index (χ2v) is 10.9. The molecule has 0 radical (unpaired) electrons. The van der Waals surface area contributed by atoms with Crippen LogP contribution in [0.3, 0.4) is 0 Å². The Kier molecular flexibility index (Phi) is 7.03. The molecule has 0 aliphatic heterocycles. The molecule has 0 bridgehead atoms. The van der Waals surface area contributed by atoms with Crippen molar-refractivity contribution in [1.29, 1.82) is 0 Å². The molecule has 0 aromatic carbocycles. The molecule has 32 heavy (non-hydrogen) atoms. The quantitative estimate of drug-likeness (QED) is 0.237. The number of rotatable bonds is 4. The average Bonchev–Trinajstić information content (AvgIpc) is 2.37. The van der Waals surface area contributed by atoms with Gasteiger partial charge in [-0.25, -0.2) is 0 Å². The summed E-state index contributed by atoms with van der Waals surface area (Å²) in [5.74, 6) is -9.35. The summed E-state index contributed by atoms with van der Waals surface area (Å²) in [7, 11) is 0. The second kappa shape index (κ2) is 7.26. The summed E-state index contributed by atoms with van der Waals surface area (Å²) in [4.78, 5) is 0. The van der Waals surface area contributed by atoms with Gasteiger partial charge in [-0.1, -0.05) is 0 Å². The predicted octanol–water partition coefficient (Wildman–Crippen LogP) is 7.17. The Morgan fingerprint density at radius 3 is 0.719 bits per heavy atom. The van der Waals surface area contributed by atoms with E-state index in [1.807, 2.05) is 0 Å². The standard InChI is InChI=1S/C9HAsF22/c11-2(8(25,26)27,9(28,29)30)3(12,13)4(14,15)10(31,32)1(5(16,17)18,6(19,20)21)7(22,23)24/h10H. The Morgan fingerprint density at radius 1 is 0.344 bits per heavy atom. The molecule has 0 amide bonds. The first-order valence-electron chi connectivity index (χ1n) is 6.41. The number of alkyl halides is 20. The van der Waals surface area contributed by atoms with Gasteiger partial charge in [0.1, 0.15) is 0 Å². The van der Waals surface area contributed by atoms with Crippen molar-refractivity contribution < 1.29 is 94.7 Å². The van der Waals surface area contributed by atoms with Gasteiger partial charge in [-0.3, -0.25) is 0 Å². The van der Waals surface area contributed by atoms with Crippen LogP contribution in [0.25, 0.3) is 0 Å². The molecule has 0 saturated heterocycles. The Bertz CT molecular complexity index is 629. The predicted molar refractivity (Wildman–Crippen MR) is 56.1 cm³/mol. The maximum absolute atomic E-state index is 13.7. The summed E-state index contributed by atoms with van der Waals surface area (Å²) in [6.45, 7) is 0. The molecule has 0 aliphatic rings. The van der Waals surface area contributed by atoms with Crippen LogP contribution in [-0.2, 0) is 0 Å². The third-order valence-corrected chi connectivity index (χ3v) is 9.82. The van der Waals surface area contributed by atoms with Gasteiger partial charge in [0, 0.05) is 0 Å². The fourth-order valence-electron chi connectivity index (χ4n) is 2.18. The van der Waals surface area contributed by atoms with Gasteiger partial charge in [-0.05, 0) is 0 Å². The van der Waals surface area contributed by atoms with Gasteiger partial charge >= 0.3 is 161 Å². The number of hydrogen-bond acceptors (Lipinski definition) is 0. The van der Waals surface area contributed by atoms with Gasteiger partial charge in [0.25, 0.3) is 0 Å². The summed E-state index contributed by atoms with van der Waals surface area (Å²) in [6.07, 6.45) is -43.4. The fourth-order valence-corrected chi connectivity index (χ4v) is 6.60. The molecule has 0 unspecified atom stereocenters. The monoisotopic (exact) mass is 602 g/mol. The maximum atomic E-state index is 13.7. The van der Waals surface area contributed by atoms with Crippen LogP contribution >= 0.6 is 0 Å². The minimum atomic E-state index is -12.4. The van der Waals surface area contributed by atoms with E-state index < -0.39 is 65.9 Å². The molecular weight excluding hydrogens is 601 g/mol. The molecule has 0 heterocycles. The van der Waals surface area contributed by atoms with Crippen LogP contribution in [0.1, 0.15) is 0 Å². The van der Waals surface area contributed by atoms with E-state index in [4.69, 9.17) is 0 Å². The van der Waals surface area contributed by atoms with Crippen LogP contribution in [0.2, 0.25) is 4.20 Å². The minimum absolute atomic E-state index is 8.51. The van der Waals surface area contributed by atoms with Crippen LogP contribution in [0.4, 0.5) is 94.7 Å². The first kappa shape index (κ1) is 31.0. The van der Waals surface area contributed by atoms with E-state index in [0.29, 0.717) is 0 Å². The molecule has 23 heteroatoms. The second-order valence-electron chi connectivity index (χ2n) is 5.62. The van der Waals surface area contributed by atoms with E-state index in [9.17, 15) is 94.7 Å². The molecule has 0 spiro atoms. The summed E-state index contributed by atoms with van der Waals surface area (Å²) >= 11 is -12.4. The van der Waals surface area contributed by atoms with Gasteiger partial charge in [-0.2, -0.15) is 0 Å². The Balaban J connectivity index is 7.79. The summed E-state index contributed by atoms with van der Waals surface area (Å²) in [5, 5.41) is 0. The van der Waals surface area contributed by atoms with E-state index >= 15 is 0 Å². The Hall–Kier alpha value is -0.982. The van der Waals surface area contributed by atoms with Crippen molar-refractivity contribution in [2.75, 3.05) is 0 Å². The van der Waals surface area contributed by atoms with Crippen LogP contribution in [-0.4, -0.2) is 61.7 Å². The van der Waals surface area contributed by atoms with Gasteiger partial charge in [-0.15, -0.1) is 0 Å². The SMILES string of the molecule is FC(F)(F)C(F)(C(F)(F)F)C(F)(F)C(F)(F)[AsH](F)(F)C(C(F)(F)F)(C(F)(F)F)C(F)(F)F. The van der Waals surface area contributed by atoms with Gasteiger partial charge in [0.15, 0.2) is 0 Å². The molecule has 0 aromatic heterocycles. The van der Waals surface area contributed by atoms with E-state index in [1.54, 1.807) is 0 Å². The molecule has 0 atom stereocenters. The summed E-state index contributed by atoms with van der Waals surface area (Å²) < 4.78 is 262. The van der Waals surface area contributed by atoms with Crippen molar-refractivity contribution in [3.8, 4) is 0 Å². The third-order valence-electron chi connectivity index (χ3n) is 3.75. The molecule has 0 N–H and O–H groups in total. The zero-order valence-corrected chi connectivity index (χ0v) is 15.4. The third kappa shape index (κ3) is 3.56. The zero-order chi connectivity index (χ0) is 27.0. The molecule has 0 nitrogen and oxygen atoms in total. The van der Waals surface area contributed by atoms with Crippen LogP contribution in [0.15, 0.2) is 0 Å². The summed E-state index contributed by atoms with van der Waals surface area (Å²) in [6, 6.07) is 0. The van der Waals surface area contributed by atoms with Crippen molar-refractivity contribution in [2.24, 2.45) is 0 Å². The molecular formula is C9HAsF22. The Morgan fingerprint density at radius 2 is 0.562 bits per heavy atom. The van der Waals surface area contributed by atoms with Crippen LogP contribution in [0, 0.1) is 0 Å². The van der Waals surface area contributed by atoms with Crippen molar-refractivity contribution in [2.45, 2.75) is 51.4 Å². The first-order valence-corrected chi connectivity index (χ1v) is 10.1. The van der Waals surface area contributed by atoms with Gasteiger partial charge in [0.05, 0.1) is 0 Å². The normalized spacial score (nSPS) is 17.6. The van der Waals surface area contributed by atoms with Gasteiger partial charge in [0.2, 0.25) is 0 Å². The van der Waals surface area contributed by atoms with E-state index in [0.717, 1.165) is 0 Å². The van der Waals surface area contributed by atoms with Crippen molar-refractivity contribution in [3.05, 3.63) is 0 Å². The number of halogens is 22. The number of hydrogen-bond donors (Lipinski definition) is 0. The molecule has 0 rings (SSSR count). The summed E-state index contributed by atoms with van der Waals surface area (Å²) in [5.41, 5.74) is -9.01. The zero-order valence-electron chi connectivity index (χ0n) is 13.3. The molecule has 0 fully saturated rings. The molecule has 0 aromatic rings. The van der Waals surface area contributed by atoms with Gasteiger partial charge < -0.3 is 0 Å². The fraction of sp³-hybridized carbons (Fsp3) is 1.00. The topological polar surface area (TPSA) is 0 Å². The molecule has 196 valence electrons. The molecule has 0 saturated carbocycles. The first-order chi connectivity index (χ1) is 13.2. The van der Waals surface area contributed by atoms with Crippen LogP contribution in [0.5, 0.6) is 0 Å². The Labute approximate surface area is 162 Å². The van der Waals surface area contributed by atoms with Crippen molar-refractivity contribution >= 4 is 14.5 Å². The van der Waals surface area contributed by atoms with Crippen LogP contribution < -0.4 is 0 Å². The van der Waals surface area contributed by atoms with E-state index in [1.165, 1.54) is 0 Å². The van der Waals surface area contributed by atoms with Crippen molar-refractivity contribution in [1.82, 2.24) is 0 Å². The van der Waals surface area contributed by atoms with E-state index in [-0.39, 0.29) is 0 Å². The van der Waals surface area contributed by atoms with E-state index in [2.05, 4.69) is 0 Å². The average molecular weight is 602 g/mol. The van der Waals surface area contributed by atoms with Crippen molar-refractivity contribution in [3.63, 3.8) is 0 Å². The molecule has 0 aliphatic carbocycles.